The van der Waals surface area contributed by atoms with Gasteiger partial charge in [0.2, 0.25) is 10.0 Å². The van der Waals surface area contributed by atoms with Crippen molar-refractivity contribution in [2.75, 3.05) is 33.4 Å². The molecule has 2 heterocycles. The van der Waals surface area contributed by atoms with Crippen LogP contribution in [0.1, 0.15) is 57.2 Å². The molecular weight excluding hydrogens is 818 g/mol. The summed E-state index contributed by atoms with van der Waals surface area (Å²) in [5.41, 5.74) is 1.99. The number of alkyl carbamates (subject to hydrolysis) is 1. The SMILES string of the molecule is C.COc1ccc(S(=O)(=O)N(CC(OP(OCc2ccccc2)OCc2ccccc2)[C@H](Cc2ccccc2)NC(=O)OC2COC3OCCC23)CC(C)(C)CCC#N)cc1. The van der Waals surface area contributed by atoms with Gasteiger partial charge in [0.1, 0.15) is 18.0 Å². The quantitative estimate of drug-likeness (QED) is 0.0754. The molecule has 2 aliphatic heterocycles. The number of fused-ring (bicyclic) bond motifs is 1. The van der Waals surface area contributed by atoms with Crippen LogP contribution in [0.25, 0.3) is 0 Å². The zero-order valence-electron chi connectivity index (χ0n) is 34.3. The number of methoxy groups -OCH3 is 1. The molecule has 0 saturated carbocycles. The van der Waals surface area contributed by atoms with E-state index in [-0.39, 0.29) is 64.0 Å². The molecule has 4 unspecified atom stereocenters. The number of nitriles is 1. The monoisotopic (exact) mass is 875 g/mol. The van der Waals surface area contributed by atoms with Crippen LogP contribution >= 0.6 is 8.60 Å². The Morgan fingerprint density at radius 1 is 0.902 bits per heavy atom. The Hall–Kier alpha value is -4.42. The molecule has 61 heavy (non-hydrogen) atoms. The number of nitrogens with zero attached hydrogens (tertiary/aromatic N) is 2. The number of benzene rings is 4. The van der Waals surface area contributed by atoms with Gasteiger partial charge in [-0.3, -0.25) is 0 Å². The average molecular weight is 876 g/mol. The maximum atomic E-state index is 14.8. The summed E-state index contributed by atoms with van der Waals surface area (Å²) in [6.07, 6.45) is -1.10. The van der Waals surface area contributed by atoms with Crippen LogP contribution in [-0.2, 0) is 57.4 Å². The second-order valence-electron chi connectivity index (χ2n) is 15.6. The molecule has 0 bridgehead atoms. The first-order chi connectivity index (χ1) is 29.0. The van der Waals surface area contributed by atoms with Gasteiger partial charge in [-0.1, -0.05) is 112 Å². The molecule has 15 heteroatoms. The number of amides is 1. The van der Waals surface area contributed by atoms with E-state index in [1.807, 2.05) is 105 Å². The van der Waals surface area contributed by atoms with Crippen molar-refractivity contribution in [3.63, 3.8) is 0 Å². The lowest BCUT2D eigenvalue weighted by Crippen LogP contribution is -2.53. The average Bonchev–Trinajstić information content (AvgIpc) is 3.89. The number of nitrogens with one attached hydrogen (secondary N) is 1. The Morgan fingerprint density at radius 2 is 1.49 bits per heavy atom. The highest BCUT2D eigenvalue weighted by molar-refractivity contribution is 7.89. The highest BCUT2D eigenvalue weighted by Gasteiger charge is 2.44. The fourth-order valence-corrected chi connectivity index (χ4v) is 9.94. The van der Waals surface area contributed by atoms with Crippen LogP contribution in [0.15, 0.2) is 120 Å². The molecule has 4 aromatic rings. The van der Waals surface area contributed by atoms with Crippen LogP contribution in [0.4, 0.5) is 4.79 Å². The van der Waals surface area contributed by atoms with Crippen molar-refractivity contribution in [3.05, 3.63) is 132 Å². The van der Waals surface area contributed by atoms with E-state index in [9.17, 15) is 18.5 Å². The normalized spacial score (nSPS) is 18.5. The minimum absolute atomic E-state index is 0. The molecule has 0 spiro atoms. The Bertz CT molecular complexity index is 2030. The predicted octanol–water partition coefficient (Wildman–Crippen LogP) is 8.80. The Labute approximate surface area is 362 Å². The van der Waals surface area contributed by atoms with Gasteiger partial charge in [0, 0.05) is 19.5 Å². The molecule has 6 rings (SSSR count). The van der Waals surface area contributed by atoms with Gasteiger partial charge in [-0.15, -0.1) is 0 Å². The third-order valence-corrected chi connectivity index (χ3v) is 13.4. The summed E-state index contributed by atoms with van der Waals surface area (Å²) in [7, 11) is -4.89. The third-order valence-electron chi connectivity index (χ3n) is 10.5. The molecule has 328 valence electrons. The van der Waals surface area contributed by atoms with Crippen LogP contribution in [0.3, 0.4) is 0 Å². The van der Waals surface area contributed by atoms with E-state index in [2.05, 4.69) is 11.4 Å². The van der Waals surface area contributed by atoms with Crippen molar-refractivity contribution in [2.45, 2.75) is 89.6 Å². The van der Waals surface area contributed by atoms with E-state index in [0.29, 0.717) is 25.2 Å². The summed E-state index contributed by atoms with van der Waals surface area (Å²) in [6.45, 7) is 4.66. The molecule has 0 aliphatic carbocycles. The maximum absolute atomic E-state index is 14.8. The number of carbonyl (C=O) groups is 1. The van der Waals surface area contributed by atoms with Crippen molar-refractivity contribution in [1.29, 1.82) is 5.26 Å². The topological polar surface area (TPSA) is 155 Å². The fraction of sp³-hybridized carbons (Fsp3) is 0.435. The molecule has 2 aliphatic rings. The Kier molecular flexibility index (Phi) is 18.1. The summed E-state index contributed by atoms with van der Waals surface area (Å²) < 4.78 is 73.5. The van der Waals surface area contributed by atoms with Gasteiger partial charge < -0.3 is 37.8 Å². The number of hydrogen-bond donors (Lipinski definition) is 1. The number of sulfonamides is 1. The zero-order chi connectivity index (χ0) is 42.4. The highest BCUT2D eigenvalue weighted by atomic mass is 32.2. The second-order valence-corrected chi connectivity index (χ2v) is 18.7. The molecule has 2 saturated heterocycles. The first-order valence-electron chi connectivity index (χ1n) is 20.1. The van der Waals surface area contributed by atoms with Gasteiger partial charge in [-0.2, -0.15) is 9.57 Å². The molecular formula is C46H58N3O10PS. The van der Waals surface area contributed by atoms with E-state index in [1.165, 1.54) is 23.5 Å². The second kappa shape index (κ2) is 23.1. The molecule has 2 fully saturated rings. The van der Waals surface area contributed by atoms with Crippen LogP contribution in [-0.4, -0.2) is 76.8 Å². The van der Waals surface area contributed by atoms with Crippen molar-refractivity contribution in [1.82, 2.24) is 9.62 Å². The largest absolute Gasteiger partial charge is 0.497 e. The van der Waals surface area contributed by atoms with Gasteiger partial charge in [-0.25, -0.2) is 13.2 Å². The van der Waals surface area contributed by atoms with E-state index < -0.39 is 54.7 Å². The van der Waals surface area contributed by atoms with E-state index in [4.69, 9.17) is 32.5 Å². The standard InChI is InChI=1S/C45H54N3O10PS.CH4/c1-45(2,25-13-26-46)33-48(60(50,51)38-22-20-37(52-3)21-23-38)29-41(58-59(55-30-35-16-9-5-10-17-35)56-31-36-18-11-6-12-19-36)40(28-34-14-7-4-8-15-34)47-44(49)57-42-32-54-43-39(42)24-27-53-43;/h4-12,14-23,39-43H,13,24-25,27-33H2,1-3H3,(H,47,49);1H4/t39?,40-,41?,42?,43?;/m0./s1. The maximum Gasteiger partial charge on any atom is 0.407 e. The number of carbonyl (C=O) groups excluding carboxylic acids is 1. The van der Waals surface area contributed by atoms with Gasteiger partial charge in [0.05, 0.1) is 56.5 Å². The summed E-state index contributed by atoms with van der Waals surface area (Å²) in [4.78, 5) is 14.0. The summed E-state index contributed by atoms with van der Waals surface area (Å²) >= 11 is 0. The van der Waals surface area contributed by atoms with Gasteiger partial charge in [-0.05, 0) is 65.6 Å². The van der Waals surface area contributed by atoms with Gasteiger partial charge in [0.25, 0.3) is 0 Å². The Morgan fingerprint density at radius 3 is 2.07 bits per heavy atom. The minimum atomic E-state index is -4.22. The van der Waals surface area contributed by atoms with Crippen molar-refractivity contribution in [2.24, 2.45) is 11.3 Å². The first-order valence-corrected chi connectivity index (χ1v) is 22.6. The van der Waals surface area contributed by atoms with E-state index >= 15 is 0 Å². The van der Waals surface area contributed by atoms with Crippen molar-refractivity contribution < 1.29 is 45.7 Å². The highest BCUT2D eigenvalue weighted by Crippen LogP contribution is 2.44. The molecule has 0 aromatic heterocycles. The zero-order valence-corrected chi connectivity index (χ0v) is 36.0. The summed E-state index contributed by atoms with van der Waals surface area (Å²) in [5, 5.41) is 12.6. The fourth-order valence-electron chi connectivity index (χ4n) is 7.16. The number of ether oxygens (including phenoxy) is 4. The van der Waals surface area contributed by atoms with Crippen LogP contribution in [0, 0.1) is 22.7 Å². The minimum Gasteiger partial charge on any atom is -0.497 e. The van der Waals surface area contributed by atoms with Crippen LogP contribution in [0.2, 0.25) is 0 Å². The summed E-state index contributed by atoms with van der Waals surface area (Å²) in [6, 6.07) is 36.2. The first kappa shape index (κ1) is 47.6. The molecule has 13 nitrogen and oxygen atoms in total. The van der Waals surface area contributed by atoms with Crippen LogP contribution < -0.4 is 10.1 Å². The van der Waals surface area contributed by atoms with Crippen molar-refractivity contribution >= 4 is 24.7 Å². The van der Waals surface area contributed by atoms with Gasteiger partial charge >= 0.3 is 14.7 Å². The summed E-state index contributed by atoms with van der Waals surface area (Å²) in [5.74, 6) is 0.406. The van der Waals surface area contributed by atoms with Gasteiger partial charge in [0.15, 0.2) is 6.29 Å². The molecule has 1 N–H and O–H groups in total. The van der Waals surface area contributed by atoms with Crippen molar-refractivity contribution in [3.8, 4) is 11.8 Å². The lowest BCUT2D eigenvalue weighted by Gasteiger charge is -2.37. The molecule has 5 atom stereocenters. The number of rotatable bonds is 22. The van der Waals surface area contributed by atoms with E-state index in [0.717, 1.165) is 16.7 Å². The number of hydrogen-bond acceptors (Lipinski definition) is 11. The third kappa shape index (κ3) is 14.0. The van der Waals surface area contributed by atoms with E-state index in [1.54, 1.807) is 12.1 Å². The Balaban J connectivity index is 0.00000704. The smallest absolute Gasteiger partial charge is 0.407 e. The lowest BCUT2D eigenvalue weighted by molar-refractivity contribution is -0.0907. The predicted molar refractivity (Wildman–Crippen MR) is 233 cm³/mol. The lowest BCUT2D eigenvalue weighted by atomic mass is 9.88. The molecule has 4 aromatic carbocycles. The molecule has 1 amide bonds. The van der Waals surface area contributed by atoms with Crippen LogP contribution in [0.5, 0.6) is 5.75 Å². The molecule has 0 radical (unpaired) electrons.